The summed E-state index contributed by atoms with van der Waals surface area (Å²) in [7, 11) is -3.67. The predicted molar refractivity (Wildman–Crippen MR) is 72.3 cm³/mol. The summed E-state index contributed by atoms with van der Waals surface area (Å²) in [6.45, 7) is 1.68. The molecule has 0 unspecified atom stereocenters. The van der Waals surface area contributed by atoms with E-state index in [1.165, 1.54) is 22.5 Å². The molecule has 6 heteroatoms. The van der Waals surface area contributed by atoms with E-state index in [0.717, 1.165) is 0 Å². The second-order valence-corrected chi connectivity index (χ2v) is 5.84. The fourth-order valence-corrected chi connectivity index (χ4v) is 3.58. The number of benzene rings is 2. The van der Waals surface area contributed by atoms with Gasteiger partial charge in [-0.15, -0.1) is 0 Å². The average Bonchev–Trinajstić information content (AvgIpc) is 2.60. The first kappa shape index (κ1) is 12.0. The molecule has 0 radical (unpaired) electrons. The minimum Gasteiger partial charge on any atom is -0.264 e. The van der Waals surface area contributed by atoms with Crippen LogP contribution in [-0.4, -0.2) is 8.42 Å². The molecule has 1 heterocycles. The zero-order chi connectivity index (χ0) is 13.6. The van der Waals surface area contributed by atoms with Gasteiger partial charge in [-0.05, 0) is 42.8 Å². The van der Waals surface area contributed by atoms with E-state index in [0.29, 0.717) is 22.6 Å². The van der Waals surface area contributed by atoms with E-state index >= 15 is 0 Å². The van der Waals surface area contributed by atoms with Crippen molar-refractivity contribution in [2.75, 3.05) is 9.03 Å². The number of aryl methyl sites for hydroxylation is 1. The molecule has 0 aliphatic carbocycles. The first-order valence-corrected chi connectivity index (χ1v) is 7.11. The standard InChI is InChI=1S/C13H11FN2O2S/c1-9-8-10(14)6-7-12(9)16-13-5-3-2-4-11(13)15-19(16,17)18/h2-8,15H,1H3. The molecular formula is C13H11FN2O2S. The number of hydrogen-bond acceptors (Lipinski definition) is 2. The maximum absolute atomic E-state index is 13.1. The lowest BCUT2D eigenvalue weighted by molar-refractivity contribution is 0.602. The lowest BCUT2D eigenvalue weighted by Gasteiger charge is -2.19. The summed E-state index contributed by atoms with van der Waals surface area (Å²) in [5.74, 6) is -0.390. The van der Waals surface area contributed by atoms with Crippen LogP contribution < -0.4 is 9.03 Å². The van der Waals surface area contributed by atoms with Crippen LogP contribution in [0.25, 0.3) is 0 Å². The van der Waals surface area contributed by atoms with Gasteiger partial charge in [-0.3, -0.25) is 4.72 Å². The predicted octanol–water partition coefficient (Wildman–Crippen LogP) is 2.94. The number of hydrogen-bond donors (Lipinski definition) is 1. The summed E-state index contributed by atoms with van der Waals surface area (Å²) >= 11 is 0. The number of fused-ring (bicyclic) bond motifs is 1. The Hall–Kier alpha value is -2.08. The third-order valence-electron chi connectivity index (χ3n) is 2.98. The molecule has 2 aromatic rings. The van der Waals surface area contributed by atoms with Crippen LogP contribution in [0.3, 0.4) is 0 Å². The quantitative estimate of drug-likeness (QED) is 0.872. The fraction of sp³-hybridized carbons (Fsp3) is 0.0769. The Morgan fingerprint density at radius 1 is 1.11 bits per heavy atom. The summed E-state index contributed by atoms with van der Waals surface area (Å²) in [6, 6.07) is 10.9. The van der Waals surface area contributed by atoms with E-state index in [1.54, 1.807) is 31.2 Å². The van der Waals surface area contributed by atoms with Gasteiger partial charge in [0.1, 0.15) is 5.82 Å². The molecule has 3 rings (SSSR count). The molecule has 19 heavy (non-hydrogen) atoms. The van der Waals surface area contributed by atoms with E-state index in [2.05, 4.69) is 4.72 Å². The van der Waals surface area contributed by atoms with Gasteiger partial charge in [-0.25, -0.2) is 8.70 Å². The van der Waals surface area contributed by atoms with Gasteiger partial charge in [-0.1, -0.05) is 12.1 Å². The van der Waals surface area contributed by atoms with Crippen molar-refractivity contribution in [3.05, 3.63) is 53.8 Å². The SMILES string of the molecule is Cc1cc(F)ccc1N1c2ccccc2NS1(=O)=O. The average molecular weight is 278 g/mol. The molecule has 1 aliphatic heterocycles. The molecule has 0 aromatic heterocycles. The van der Waals surface area contributed by atoms with Crippen molar-refractivity contribution in [2.45, 2.75) is 6.92 Å². The second-order valence-electron chi connectivity index (χ2n) is 4.32. The van der Waals surface area contributed by atoms with Crippen molar-refractivity contribution in [3.8, 4) is 0 Å². The van der Waals surface area contributed by atoms with Crippen molar-refractivity contribution >= 4 is 27.3 Å². The van der Waals surface area contributed by atoms with Gasteiger partial charge in [0, 0.05) is 0 Å². The molecule has 98 valence electrons. The largest absolute Gasteiger partial charge is 0.328 e. The maximum atomic E-state index is 13.1. The minimum absolute atomic E-state index is 0.390. The number of rotatable bonds is 1. The lowest BCUT2D eigenvalue weighted by Crippen LogP contribution is -2.25. The highest BCUT2D eigenvalue weighted by atomic mass is 32.2. The Labute approximate surface area is 110 Å². The summed E-state index contributed by atoms with van der Waals surface area (Å²) in [6.07, 6.45) is 0. The first-order chi connectivity index (χ1) is 8.99. The molecule has 0 saturated heterocycles. The van der Waals surface area contributed by atoms with E-state index in [9.17, 15) is 12.8 Å². The fourth-order valence-electron chi connectivity index (χ4n) is 2.16. The number of halogens is 1. The van der Waals surface area contributed by atoms with Crippen LogP contribution in [0.4, 0.5) is 21.5 Å². The van der Waals surface area contributed by atoms with Gasteiger partial charge in [0.25, 0.3) is 0 Å². The molecule has 0 spiro atoms. The van der Waals surface area contributed by atoms with Crippen LogP contribution in [-0.2, 0) is 10.2 Å². The minimum atomic E-state index is -3.67. The van der Waals surface area contributed by atoms with Crippen LogP contribution in [0.5, 0.6) is 0 Å². The molecule has 1 aliphatic rings. The van der Waals surface area contributed by atoms with Crippen molar-refractivity contribution in [1.82, 2.24) is 0 Å². The number of para-hydroxylation sites is 2. The normalized spacial score (nSPS) is 16.0. The number of nitrogens with one attached hydrogen (secondary N) is 1. The first-order valence-electron chi connectivity index (χ1n) is 5.67. The van der Waals surface area contributed by atoms with Gasteiger partial charge >= 0.3 is 10.2 Å². The van der Waals surface area contributed by atoms with Crippen LogP contribution in [0.1, 0.15) is 5.56 Å². The molecule has 4 nitrogen and oxygen atoms in total. The Kier molecular flexibility index (Phi) is 2.50. The monoisotopic (exact) mass is 278 g/mol. The van der Waals surface area contributed by atoms with Crippen molar-refractivity contribution in [2.24, 2.45) is 0 Å². The molecule has 1 N–H and O–H groups in total. The topological polar surface area (TPSA) is 49.4 Å². The third kappa shape index (κ3) is 1.84. The van der Waals surface area contributed by atoms with Gasteiger partial charge in [0.2, 0.25) is 0 Å². The molecule has 0 saturated carbocycles. The van der Waals surface area contributed by atoms with Crippen molar-refractivity contribution < 1.29 is 12.8 Å². The number of anilines is 3. The van der Waals surface area contributed by atoms with E-state index in [4.69, 9.17) is 0 Å². The zero-order valence-electron chi connectivity index (χ0n) is 10.1. The van der Waals surface area contributed by atoms with Crippen molar-refractivity contribution in [3.63, 3.8) is 0 Å². The lowest BCUT2D eigenvalue weighted by atomic mass is 10.2. The highest BCUT2D eigenvalue weighted by molar-refractivity contribution is 7.95. The molecule has 0 fully saturated rings. The summed E-state index contributed by atoms with van der Waals surface area (Å²) in [4.78, 5) is 0. The van der Waals surface area contributed by atoms with Crippen LogP contribution >= 0.6 is 0 Å². The molecular weight excluding hydrogens is 267 g/mol. The number of nitrogens with zero attached hydrogens (tertiary/aromatic N) is 1. The molecule has 0 atom stereocenters. The Morgan fingerprint density at radius 3 is 2.58 bits per heavy atom. The third-order valence-corrected chi connectivity index (χ3v) is 4.33. The molecule has 0 amide bonds. The van der Waals surface area contributed by atoms with E-state index in [-0.39, 0.29) is 5.82 Å². The van der Waals surface area contributed by atoms with Gasteiger partial charge in [0.15, 0.2) is 0 Å². The smallest absolute Gasteiger partial charge is 0.264 e. The van der Waals surface area contributed by atoms with Gasteiger partial charge < -0.3 is 0 Å². The summed E-state index contributed by atoms with van der Waals surface area (Å²) < 4.78 is 41.2. The molecule has 0 bridgehead atoms. The highest BCUT2D eigenvalue weighted by Gasteiger charge is 2.34. The summed E-state index contributed by atoms with van der Waals surface area (Å²) in [5.41, 5.74) is 2.06. The van der Waals surface area contributed by atoms with Gasteiger partial charge in [0.05, 0.1) is 17.1 Å². The van der Waals surface area contributed by atoms with Crippen LogP contribution in [0.2, 0.25) is 0 Å². The van der Waals surface area contributed by atoms with Crippen LogP contribution in [0, 0.1) is 12.7 Å². The summed E-state index contributed by atoms with van der Waals surface area (Å²) in [5, 5.41) is 0. The maximum Gasteiger partial charge on any atom is 0.328 e. The van der Waals surface area contributed by atoms with E-state index < -0.39 is 10.2 Å². The van der Waals surface area contributed by atoms with Crippen LogP contribution in [0.15, 0.2) is 42.5 Å². The Bertz CT molecular complexity index is 759. The molecule has 2 aromatic carbocycles. The van der Waals surface area contributed by atoms with E-state index in [1.807, 2.05) is 0 Å². The van der Waals surface area contributed by atoms with Crippen molar-refractivity contribution in [1.29, 1.82) is 0 Å². The Balaban J connectivity index is 2.23. The zero-order valence-corrected chi connectivity index (χ0v) is 10.9. The second kappa shape index (κ2) is 3.96. The Morgan fingerprint density at radius 2 is 1.84 bits per heavy atom. The van der Waals surface area contributed by atoms with Gasteiger partial charge in [-0.2, -0.15) is 8.42 Å². The highest BCUT2D eigenvalue weighted by Crippen LogP contribution is 2.41.